The van der Waals surface area contributed by atoms with Crippen LogP contribution in [0.2, 0.25) is 0 Å². The van der Waals surface area contributed by atoms with Crippen molar-refractivity contribution in [2.45, 2.75) is 55.6 Å². The molecule has 4 fully saturated rings. The molecule has 6 rings (SSSR count). The lowest BCUT2D eigenvalue weighted by Crippen LogP contribution is -2.69. The highest BCUT2D eigenvalue weighted by molar-refractivity contribution is 5.93. The first kappa shape index (κ1) is 23.4. The van der Waals surface area contributed by atoms with Crippen LogP contribution in [0.15, 0.2) is 18.2 Å². The van der Waals surface area contributed by atoms with Crippen molar-refractivity contribution in [3.63, 3.8) is 0 Å². The molecule has 2 saturated heterocycles. The zero-order chi connectivity index (χ0) is 24.2. The summed E-state index contributed by atoms with van der Waals surface area (Å²) in [5, 5.41) is 15.6. The van der Waals surface area contributed by atoms with Crippen LogP contribution in [-0.2, 0) is 21.4 Å². The van der Waals surface area contributed by atoms with Crippen LogP contribution in [0.4, 0.5) is 0 Å². The molecule has 2 amide bonds. The molecule has 35 heavy (non-hydrogen) atoms. The summed E-state index contributed by atoms with van der Waals surface area (Å²) in [6, 6.07) is 5.76. The van der Waals surface area contributed by atoms with Gasteiger partial charge < -0.3 is 20.9 Å². The predicted molar refractivity (Wildman–Crippen MR) is 131 cm³/mol. The second kappa shape index (κ2) is 8.83. The Balaban J connectivity index is 1.26. The van der Waals surface area contributed by atoms with E-state index < -0.39 is 16.9 Å². The van der Waals surface area contributed by atoms with E-state index in [1.54, 1.807) is 0 Å². The number of ether oxygens (including phenoxy) is 1. The maximum Gasteiger partial charge on any atom is 0.248 e. The van der Waals surface area contributed by atoms with Gasteiger partial charge in [0.05, 0.1) is 18.8 Å². The van der Waals surface area contributed by atoms with Crippen molar-refractivity contribution in [2.24, 2.45) is 17.6 Å². The highest BCUT2D eigenvalue weighted by Gasteiger charge is 2.68. The third kappa shape index (κ3) is 3.99. The van der Waals surface area contributed by atoms with Gasteiger partial charge in [-0.1, -0.05) is 6.07 Å². The van der Waals surface area contributed by atoms with Crippen LogP contribution in [0.5, 0.6) is 0 Å². The molecular formula is C27H38N4O4. The molecule has 0 radical (unpaired) electrons. The van der Waals surface area contributed by atoms with Crippen molar-refractivity contribution in [3.8, 4) is 0 Å². The van der Waals surface area contributed by atoms with Crippen LogP contribution in [0.25, 0.3) is 0 Å². The lowest BCUT2D eigenvalue weighted by Gasteiger charge is -2.59. The van der Waals surface area contributed by atoms with Gasteiger partial charge >= 0.3 is 0 Å². The molecule has 4 atom stereocenters. The quantitative estimate of drug-likeness (QED) is 0.527. The van der Waals surface area contributed by atoms with Crippen LogP contribution in [-0.4, -0.2) is 90.8 Å². The first-order valence-electron chi connectivity index (χ1n) is 13.4. The Kier molecular flexibility index (Phi) is 5.91. The van der Waals surface area contributed by atoms with Crippen molar-refractivity contribution >= 4 is 11.8 Å². The summed E-state index contributed by atoms with van der Waals surface area (Å²) < 4.78 is 5.41. The minimum atomic E-state index is -0.977. The lowest BCUT2D eigenvalue weighted by atomic mass is 9.56. The van der Waals surface area contributed by atoms with Crippen LogP contribution in [0.3, 0.4) is 0 Å². The van der Waals surface area contributed by atoms with E-state index in [-0.39, 0.29) is 17.9 Å². The maximum atomic E-state index is 13.4. The summed E-state index contributed by atoms with van der Waals surface area (Å²) in [7, 11) is 0. The Bertz CT molecular complexity index is 1010. The molecular weight excluding hydrogens is 444 g/mol. The molecule has 2 saturated carbocycles. The summed E-state index contributed by atoms with van der Waals surface area (Å²) in [4.78, 5) is 30.2. The number of carbonyl (C=O) groups excluding carboxylic acids is 2. The molecule has 8 heteroatoms. The zero-order valence-electron chi connectivity index (χ0n) is 20.5. The number of morpholine rings is 1. The van der Waals surface area contributed by atoms with Crippen LogP contribution >= 0.6 is 0 Å². The van der Waals surface area contributed by atoms with Gasteiger partial charge in [0.1, 0.15) is 0 Å². The fraction of sp³-hybridized carbons (Fsp3) is 0.704. The molecule has 3 aliphatic carbocycles. The van der Waals surface area contributed by atoms with Crippen molar-refractivity contribution in [3.05, 3.63) is 34.9 Å². The number of nitrogens with one attached hydrogen (secondary N) is 1. The zero-order valence-corrected chi connectivity index (χ0v) is 20.5. The van der Waals surface area contributed by atoms with Crippen molar-refractivity contribution in [1.82, 2.24) is 15.1 Å². The highest BCUT2D eigenvalue weighted by Crippen LogP contribution is 2.61. The monoisotopic (exact) mass is 482 g/mol. The van der Waals surface area contributed by atoms with E-state index in [1.807, 2.05) is 18.2 Å². The Morgan fingerprint density at radius 1 is 1.17 bits per heavy atom. The fourth-order valence-corrected chi connectivity index (χ4v) is 7.49. The minimum Gasteiger partial charge on any atom is -0.387 e. The second-order valence-corrected chi connectivity index (χ2v) is 11.5. The smallest absolute Gasteiger partial charge is 0.248 e. The number of fused-ring (bicyclic) bond motifs is 1. The Morgan fingerprint density at radius 3 is 2.71 bits per heavy atom. The summed E-state index contributed by atoms with van der Waals surface area (Å²) in [6.07, 6.45) is 5.21. The van der Waals surface area contributed by atoms with Gasteiger partial charge in [0, 0.05) is 55.7 Å². The molecule has 0 spiro atoms. The van der Waals surface area contributed by atoms with E-state index >= 15 is 0 Å². The number of hydrogen-bond acceptors (Lipinski definition) is 6. The topological polar surface area (TPSA) is 108 Å². The number of carbonyl (C=O) groups is 2. The summed E-state index contributed by atoms with van der Waals surface area (Å²) in [6.45, 7) is 6.69. The number of benzene rings is 1. The summed E-state index contributed by atoms with van der Waals surface area (Å²) >= 11 is 0. The Morgan fingerprint density at radius 2 is 1.97 bits per heavy atom. The molecule has 1 aromatic carbocycles. The molecule has 1 aromatic rings. The maximum absolute atomic E-state index is 13.4. The average molecular weight is 483 g/mol. The standard InChI is InChI=1S/C27H38N4O4/c28-24(32)20-4-3-19-14-23-27(34)16-21(25(33)29-6-8-30-9-11-35-12-10-30)15-26(27,22(19)13-20)5-7-31(23)17-18-1-2-18/h3-4,13,18,21,23,34H,1-2,5-12,14-17H2,(H2,28,32)(H,29,33)/t21-,23-,26-,27-/m1/s1. The van der Waals surface area contributed by atoms with Crippen LogP contribution in [0, 0.1) is 11.8 Å². The number of rotatable bonds is 7. The average Bonchev–Trinajstić information content (AvgIpc) is 3.60. The van der Waals surface area contributed by atoms with Crippen molar-refractivity contribution in [1.29, 1.82) is 0 Å². The molecule has 4 N–H and O–H groups in total. The third-order valence-corrected chi connectivity index (χ3v) is 9.51. The number of likely N-dealkylation sites (tertiary alicyclic amines) is 1. The van der Waals surface area contributed by atoms with E-state index in [9.17, 15) is 14.7 Å². The molecule has 2 bridgehead atoms. The summed E-state index contributed by atoms with van der Waals surface area (Å²) in [5.41, 5.74) is 6.87. The van der Waals surface area contributed by atoms with E-state index in [1.165, 1.54) is 18.4 Å². The molecule has 2 heterocycles. The highest BCUT2D eigenvalue weighted by atomic mass is 16.5. The molecule has 2 aliphatic heterocycles. The molecule has 0 unspecified atom stereocenters. The van der Waals surface area contributed by atoms with Gasteiger partial charge in [0.25, 0.3) is 0 Å². The van der Waals surface area contributed by atoms with Gasteiger partial charge in [-0.2, -0.15) is 0 Å². The first-order chi connectivity index (χ1) is 16.9. The molecule has 0 aromatic heterocycles. The number of amides is 2. The normalized spacial score (nSPS) is 34.8. The Labute approximate surface area is 207 Å². The van der Waals surface area contributed by atoms with Crippen LogP contribution < -0.4 is 11.1 Å². The number of nitrogens with zero attached hydrogens (tertiary/aromatic N) is 2. The van der Waals surface area contributed by atoms with Crippen LogP contribution in [0.1, 0.15) is 53.6 Å². The molecule has 190 valence electrons. The third-order valence-electron chi connectivity index (χ3n) is 9.51. The Hall–Kier alpha value is -2.00. The first-order valence-corrected chi connectivity index (χ1v) is 13.4. The lowest BCUT2D eigenvalue weighted by molar-refractivity contribution is -0.134. The number of aliphatic hydroxyl groups is 1. The van der Waals surface area contributed by atoms with Gasteiger partial charge in [-0.25, -0.2) is 0 Å². The van der Waals surface area contributed by atoms with Gasteiger partial charge in [-0.05, 0) is 74.2 Å². The predicted octanol–water partition coefficient (Wildman–Crippen LogP) is 0.653. The van der Waals surface area contributed by atoms with Crippen molar-refractivity contribution in [2.75, 3.05) is 52.5 Å². The van der Waals surface area contributed by atoms with Crippen molar-refractivity contribution < 1.29 is 19.4 Å². The van der Waals surface area contributed by atoms with E-state index in [0.717, 1.165) is 70.3 Å². The minimum absolute atomic E-state index is 0.00919. The summed E-state index contributed by atoms with van der Waals surface area (Å²) in [5.74, 6) is 0.0977. The number of primary amides is 1. The van der Waals surface area contributed by atoms with E-state index in [4.69, 9.17) is 10.5 Å². The molecule has 5 aliphatic rings. The number of nitrogens with two attached hydrogens (primary N) is 1. The fourth-order valence-electron chi connectivity index (χ4n) is 7.49. The number of hydrogen-bond donors (Lipinski definition) is 3. The van der Waals surface area contributed by atoms with Gasteiger partial charge in [-0.3, -0.25) is 19.4 Å². The number of piperidine rings is 1. The largest absolute Gasteiger partial charge is 0.387 e. The van der Waals surface area contributed by atoms with Gasteiger partial charge in [0.15, 0.2) is 0 Å². The van der Waals surface area contributed by atoms with E-state index in [2.05, 4.69) is 15.1 Å². The van der Waals surface area contributed by atoms with Gasteiger partial charge in [0.2, 0.25) is 11.8 Å². The van der Waals surface area contributed by atoms with E-state index in [0.29, 0.717) is 24.9 Å². The molecule has 8 nitrogen and oxygen atoms in total. The SMILES string of the molecule is NC(=O)c1ccc2c(c1)[C@]13CCN(CC4CC4)[C@H](C2)[C@]1(O)C[C@H](C(=O)NCCN1CCOCC1)C3. The van der Waals surface area contributed by atoms with Gasteiger partial charge in [-0.15, -0.1) is 0 Å². The second-order valence-electron chi connectivity index (χ2n) is 11.5.